The maximum atomic E-state index is 12.2. The van der Waals surface area contributed by atoms with Crippen molar-refractivity contribution in [3.05, 3.63) is 58.9 Å². The Hall–Kier alpha value is -1.44. The summed E-state index contributed by atoms with van der Waals surface area (Å²) in [4.78, 5) is 24.7. The minimum Gasteiger partial charge on any atom is -0.422 e. The highest BCUT2D eigenvalue weighted by molar-refractivity contribution is 9.13. The Morgan fingerprint density at radius 2 is 1.96 bits per heavy atom. The van der Waals surface area contributed by atoms with Crippen LogP contribution in [-0.4, -0.2) is 5.97 Å². The minimum atomic E-state index is -0.450. The molecule has 3 aromatic rings. The number of ether oxygens (including phenoxy) is 1. The van der Waals surface area contributed by atoms with Crippen LogP contribution in [0.2, 0.25) is 0 Å². The lowest BCUT2D eigenvalue weighted by molar-refractivity contribution is 0.0740. The molecule has 1 aliphatic carbocycles. The maximum Gasteiger partial charge on any atom is 0.353 e. The van der Waals surface area contributed by atoms with E-state index in [4.69, 9.17) is 9.15 Å². The molecular weight excluding hydrogens is 460 g/mol. The summed E-state index contributed by atoms with van der Waals surface area (Å²) >= 11 is 7.98. The first-order valence-corrected chi connectivity index (χ1v) is 9.69. The number of esters is 1. The summed E-state index contributed by atoms with van der Waals surface area (Å²) in [6, 6.07) is 6.89. The second-order valence-electron chi connectivity index (χ2n) is 5.48. The fourth-order valence-corrected chi connectivity index (χ4v) is 4.84. The van der Waals surface area contributed by atoms with Gasteiger partial charge in [-0.15, -0.1) is 11.3 Å². The summed E-state index contributed by atoms with van der Waals surface area (Å²) in [5.41, 5.74) is 2.01. The highest BCUT2D eigenvalue weighted by Gasteiger charge is 2.20. The number of hydrogen-bond donors (Lipinski definition) is 0. The van der Waals surface area contributed by atoms with Crippen molar-refractivity contribution in [1.82, 2.24) is 0 Å². The van der Waals surface area contributed by atoms with Crippen LogP contribution in [-0.2, 0) is 12.8 Å². The Balaban J connectivity index is 1.69. The highest BCUT2D eigenvalue weighted by atomic mass is 79.9. The Morgan fingerprint density at radius 1 is 1.17 bits per heavy atom. The van der Waals surface area contributed by atoms with E-state index < -0.39 is 5.97 Å². The van der Waals surface area contributed by atoms with E-state index in [0.29, 0.717) is 16.2 Å². The van der Waals surface area contributed by atoms with Crippen LogP contribution in [0.5, 0.6) is 5.75 Å². The Bertz CT molecular complexity index is 1020. The number of benzene rings is 1. The van der Waals surface area contributed by atoms with Crippen LogP contribution in [0, 0.1) is 0 Å². The van der Waals surface area contributed by atoms with Crippen LogP contribution in [0.15, 0.2) is 41.7 Å². The highest BCUT2D eigenvalue weighted by Crippen LogP contribution is 2.34. The molecule has 0 aliphatic heterocycles. The van der Waals surface area contributed by atoms with Crippen LogP contribution >= 0.6 is 43.2 Å². The topological polar surface area (TPSA) is 56.5 Å². The average Bonchev–Trinajstić information content (AvgIpc) is 3.15. The summed E-state index contributed by atoms with van der Waals surface area (Å²) < 4.78 is 12.4. The zero-order valence-electron chi connectivity index (χ0n) is 12.2. The van der Waals surface area contributed by atoms with Crippen molar-refractivity contribution < 1.29 is 13.9 Å². The molecule has 1 aliphatic rings. The number of fused-ring (bicyclic) bond motifs is 3. The van der Waals surface area contributed by atoms with Crippen molar-refractivity contribution in [2.24, 2.45) is 0 Å². The summed E-state index contributed by atoms with van der Waals surface area (Å²) in [7, 11) is 0. The molecule has 1 aromatic carbocycles. The average molecular weight is 470 g/mol. The van der Waals surface area contributed by atoms with Crippen LogP contribution in [0.1, 0.15) is 27.2 Å². The lowest BCUT2D eigenvalue weighted by Crippen LogP contribution is -2.08. The number of halogens is 2. The van der Waals surface area contributed by atoms with Crippen LogP contribution in [0.4, 0.5) is 0 Å². The lowest BCUT2D eigenvalue weighted by atomic mass is 10.1. The van der Waals surface area contributed by atoms with Crippen molar-refractivity contribution in [3.8, 4) is 5.75 Å². The third kappa shape index (κ3) is 2.74. The van der Waals surface area contributed by atoms with Gasteiger partial charge in [-0.1, -0.05) is 0 Å². The summed E-state index contributed by atoms with van der Waals surface area (Å²) in [6.45, 7) is 0. The van der Waals surface area contributed by atoms with Gasteiger partial charge in [-0.25, -0.2) is 9.59 Å². The third-order valence-electron chi connectivity index (χ3n) is 4.00. The number of hydrogen-bond acceptors (Lipinski definition) is 5. The van der Waals surface area contributed by atoms with Crippen molar-refractivity contribution in [3.63, 3.8) is 0 Å². The fraction of sp³-hybridized carbons (Fsp3) is 0.176. The maximum absolute atomic E-state index is 12.2. The molecule has 0 bridgehead atoms. The van der Waals surface area contributed by atoms with Gasteiger partial charge in [0.05, 0.1) is 3.79 Å². The van der Waals surface area contributed by atoms with E-state index in [1.807, 2.05) is 6.07 Å². The molecule has 4 rings (SSSR count). The lowest BCUT2D eigenvalue weighted by Gasteiger charge is -2.06. The van der Waals surface area contributed by atoms with Crippen molar-refractivity contribution in [1.29, 1.82) is 0 Å². The molecule has 2 aromatic heterocycles. The minimum absolute atomic E-state index is 0.287. The second-order valence-corrected chi connectivity index (χ2v) is 8.70. The molecule has 0 unspecified atom stereocenters. The predicted molar refractivity (Wildman–Crippen MR) is 99.2 cm³/mol. The second kappa shape index (κ2) is 6.13. The summed E-state index contributed by atoms with van der Waals surface area (Å²) in [5.74, 6) is -0.0940. The normalized spacial score (nSPS) is 13.2. The van der Waals surface area contributed by atoms with E-state index >= 15 is 0 Å². The molecule has 2 heterocycles. The summed E-state index contributed by atoms with van der Waals surface area (Å²) in [6.07, 6.45) is 2.62. The zero-order chi connectivity index (χ0) is 16.8. The first-order valence-electron chi connectivity index (χ1n) is 7.28. The van der Waals surface area contributed by atoms with Crippen LogP contribution in [0.25, 0.3) is 11.0 Å². The third-order valence-corrected chi connectivity index (χ3v) is 7.24. The number of carbonyl (C=O) groups excluding carboxylic acids is 1. The SMILES string of the molecule is O=C(Oc1ccc2c3c(c(=O)oc2c1)CCC3)c1cc(Br)c(Br)s1. The standard InChI is InChI=1S/C17H10Br2O4S/c18-12-7-14(24-15(12)19)17(21)22-8-4-5-10-9-2-1-3-11(9)16(20)23-13(10)6-8/h4-7H,1-3H2. The quantitative estimate of drug-likeness (QED) is 0.298. The van der Waals surface area contributed by atoms with Crippen LogP contribution in [0.3, 0.4) is 0 Å². The molecule has 0 atom stereocenters. The van der Waals surface area contributed by atoms with Gasteiger partial charge in [0.15, 0.2) is 0 Å². The largest absolute Gasteiger partial charge is 0.422 e. The van der Waals surface area contributed by atoms with Gasteiger partial charge in [-0.05, 0) is 74.9 Å². The molecule has 0 fully saturated rings. The fourth-order valence-electron chi connectivity index (χ4n) is 2.93. The van der Waals surface area contributed by atoms with E-state index in [-0.39, 0.29) is 5.63 Å². The van der Waals surface area contributed by atoms with Gasteiger partial charge in [-0.2, -0.15) is 0 Å². The molecule has 0 amide bonds. The van der Waals surface area contributed by atoms with Crippen molar-refractivity contribution in [2.75, 3.05) is 0 Å². The van der Waals surface area contributed by atoms with Crippen molar-refractivity contribution >= 4 is 60.1 Å². The molecule has 0 N–H and O–H groups in total. The van der Waals surface area contributed by atoms with E-state index in [9.17, 15) is 9.59 Å². The molecule has 7 heteroatoms. The number of rotatable bonds is 2. The van der Waals surface area contributed by atoms with Gasteiger partial charge >= 0.3 is 11.6 Å². The first kappa shape index (κ1) is 16.1. The Morgan fingerprint density at radius 3 is 2.71 bits per heavy atom. The smallest absolute Gasteiger partial charge is 0.353 e. The zero-order valence-corrected chi connectivity index (χ0v) is 16.2. The number of aryl methyl sites for hydroxylation is 1. The molecule has 0 spiro atoms. The Kier molecular flexibility index (Phi) is 4.10. The van der Waals surface area contributed by atoms with E-state index in [0.717, 1.165) is 44.0 Å². The van der Waals surface area contributed by atoms with Crippen molar-refractivity contribution in [2.45, 2.75) is 19.3 Å². The van der Waals surface area contributed by atoms with E-state index in [1.54, 1.807) is 18.2 Å². The van der Waals surface area contributed by atoms with Crippen LogP contribution < -0.4 is 10.4 Å². The molecule has 0 radical (unpaired) electrons. The molecular formula is C17H10Br2O4S. The molecule has 0 saturated carbocycles. The first-order chi connectivity index (χ1) is 11.5. The summed E-state index contributed by atoms with van der Waals surface area (Å²) in [5, 5.41) is 0.920. The number of thiophene rings is 1. The predicted octanol–water partition coefficient (Wildman–Crippen LogP) is 5.09. The molecule has 122 valence electrons. The van der Waals surface area contributed by atoms with Gasteiger partial charge in [0.25, 0.3) is 0 Å². The Labute approximate surface area is 157 Å². The molecule has 0 saturated heterocycles. The molecule has 4 nitrogen and oxygen atoms in total. The van der Waals surface area contributed by atoms with Gasteiger partial charge in [0.2, 0.25) is 0 Å². The molecule has 24 heavy (non-hydrogen) atoms. The monoisotopic (exact) mass is 468 g/mol. The van der Waals surface area contributed by atoms with E-state index in [2.05, 4.69) is 31.9 Å². The van der Waals surface area contributed by atoms with Gasteiger partial charge in [0.1, 0.15) is 16.2 Å². The van der Waals surface area contributed by atoms with Gasteiger partial charge in [0, 0.05) is 21.5 Å². The van der Waals surface area contributed by atoms with Gasteiger partial charge < -0.3 is 9.15 Å². The number of carbonyl (C=O) groups is 1. The van der Waals surface area contributed by atoms with E-state index in [1.165, 1.54) is 11.3 Å². The van der Waals surface area contributed by atoms with Gasteiger partial charge in [-0.3, -0.25) is 0 Å².